The summed E-state index contributed by atoms with van der Waals surface area (Å²) in [6, 6.07) is 74.7. The number of hydrogen-bond donors (Lipinski definition) is 0. The fourth-order valence-electron chi connectivity index (χ4n) is 9.24. The lowest BCUT2D eigenvalue weighted by Crippen LogP contribution is -2.09. The van der Waals surface area contributed by atoms with E-state index >= 15 is 0 Å². The summed E-state index contributed by atoms with van der Waals surface area (Å²) in [5, 5.41) is 4.74. The first-order valence-corrected chi connectivity index (χ1v) is 20.0. The molecule has 0 spiro atoms. The van der Waals surface area contributed by atoms with Gasteiger partial charge in [-0.15, -0.1) is 0 Å². The minimum absolute atomic E-state index is 0.891. The summed E-state index contributed by atoms with van der Waals surface area (Å²) in [6.07, 6.45) is 0.944. The Bertz CT molecular complexity index is 3280. The molecule has 0 saturated heterocycles. The predicted octanol–water partition coefficient (Wildman–Crippen LogP) is 15.1. The zero-order valence-electron chi connectivity index (χ0n) is 31.6. The van der Waals surface area contributed by atoms with Crippen molar-refractivity contribution < 1.29 is 4.42 Å². The van der Waals surface area contributed by atoms with E-state index in [1.54, 1.807) is 0 Å². The number of aromatic nitrogens is 1. The highest BCUT2D eigenvalue weighted by Gasteiger charge is 2.22. The second-order valence-electron chi connectivity index (χ2n) is 15.3. The van der Waals surface area contributed by atoms with E-state index in [1.165, 1.54) is 60.8 Å². The average Bonchev–Trinajstić information content (AvgIpc) is 3.96. The molecule has 0 amide bonds. The van der Waals surface area contributed by atoms with E-state index in [-0.39, 0.29) is 0 Å². The standard InChI is InChI=1S/C55H36N2O/c1-3-14-42(15-4-1)56(43-16-5-2-6-17-43)44-26-24-41-31-40-23-22-38(32-48(40)49(41)34-44)36-12-11-13-37(30-36)39-25-28-54-50(33-39)51-35-45(27-29-55(51)58-54)57-52-20-9-7-18-46(52)47-19-8-10-21-53(47)57/h1-30,32-35H,31H2. The van der Waals surface area contributed by atoms with Crippen LogP contribution in [0.3, 0.4) is 0 Å². The predicted molar refractivity (Wildman–Crippen MR) is 242 cm³/mol. The molecule has 2 heterocycles. The summed E-state index contributed by atoms with van der Waals surface area (Å²) >= 11 is 0. The molecule has 2 aromatic heterocycles. The van der Waals surface area contributed by atoms with Crippen LogP contribution in [0, 0.1) is 0 Å². The van der Waals surface area contributed by atoms with E-state index in [2.05, 4.69) is 216 Å². The van der Waals surface area contributed by atoms with Gasteiger partial charge in [0, 0.05) is 44.3 Å². The summed E-state index contributed by atoms with van der Waals surface area (Å²) in [5.74, 6) is 0. The highest BCUT2D eigenvalue weighted by atomic mass is 16.3. The molecular weight excluding hydrogens is 705 g/mol. The molecule has 0 aliphatic heterocycles. The molecule has 0 atom stereocenters. The second-order valence-corrected chi connectivity index (χ2v) is 15.3. The molecule has 12 rings (SSSR count). The number of benzene rings is 9. The van der Waals surface area contributed by atoms with Gasteiger partial charge in [-0.2, -0.15) is 0 Å². The summed E-state index contributed by atoms with van der Waals surface area (Å²) in [6.45, 7) is 0. The molecule has 0 saturated carbocycles. The molecule has 0 radical (unpaired) electrons. The van der Waals surface area contributed by atoms with Crippen LogP contribution in [0.25, 0.3) is 82.8 Å². The SMILES string of the molecule is c1ccc(N(c2ccccc2)c2ccc3c(c2)-c2cc(-c4cccc(-c5ccc6oc7ccc(-n8c9ccccc9c9ccccc98)cc7c6c5)c4)ccc2C3)cc1. The van der Waals surface area contributed by atoms with Crippen molar-refractivity contribution in [3.8, 4) is 39.1 Å². The van der Waals surface area contributed by atoms with Crippen molar-refractivity contribution in [2.24, 2.45) is 0 Å². The number of rotatable bonds is 6. The number of furan rings is 1. The third-order valence-electron chi connectivity index (χ3n) is 12.0. The average molecular weight is 741 g/mol. The Hall–Kier alpha value is -7.62. The van der Waals surface area contributed by atoms with Crippen LogP contribution in [0.1, 0.15) is 11.1 Å². The third kappa shape index (κ3) is 5.21. The molecule has 58 heavy (non-hydrogen) atoms. The Balaban J connectivity index is 0.917. The van der Waals surface area contributed by atoms with Crippen LogP contribution in [0.15, 0.2) is 211 Å². The molecule has 0 bridgehead atoms. The van der Waals surface area contributed by atoms with Crippen molar-refractivity contribution in [1.82, 2.24) is 4.57 Å². The normalized spacial score (nSPS) is 12.1. The summed E-state index contributed by atoms with van der Waals surface area (Å²) in [5.41, 5.74) is 18.9. The zero-order chi connectivity index (χ0) is 38.2. The molecule has 1 aliphatic rings. The molecule has 272 valence electrons. The van der Waals surface area contributed by atoms with Gasteiger partial charge in [-0.25, -0.2) is 0 Å². The van der Waals surface area contributed by atoms with Crippen molar-refractivity contribution in [2.75, 3.05) is 4.90 Å². The van der Waals surface area contributed by atoms with Gasteiger partial charge in [-0.05, 0) is 142 Å². The van der Waals surface area contributed by atoms with Crippen molar-refractivity contribution in [2.45, 2.75) is 6.42 Å². The Morgan fingerprint density at radius 3 is 1.59 bits per heavy atom. The maximum atomic E-state index is 6.42. The molecule has 11 aromatic rings. The summed E-state index contributed by atoms with van der Waals surface area (Å²) < 4.78 is 8.79. The first-order valence-electron chi connectivity index (χ1n) is 20.0. The van der Waals surface area contributed by atoms with Gasteiger partial charge >= 0.3 is 0 Å². The first-order chi connectivity index (χ1) is 28.7. The molecule has 0 unspecified atom stereocenters. The van der Waals surface area contributed by atoms with Crippen LogP contribution in [0.2, 0.25) is 0 Å². The van der Waals surface area contributed by atoms with E-state index in [4.69, 9.17) is 4.42 Å². The van der Waals surface area contributed by atoms with Gasteiger partial charge in [0.2, 0.25) is 0 Å². The topological polar surface area (TPSA) is 21.3 Å². The minimum atomic E-state index is 0.891. The van der Waals surface area contributed by atoms with Gasteiger partial charge in [-0.1, -0.05) is 115 Å². The van der Waals surface area contributed by atoms with Gasteiger partial charge in [-0.3, -0.25) is 0 Å². The van der Waals surface area contributed by atoms with Gasteiger partial charge < -0.3 is 13.9 Å². The Labute approximate surface area is 336 Å². The number of anilines is 3. The molecule has 3 nitrogen and oxygen atoms in total. The van der Waals surface area contributed by atoms with Crippen molar-refractivity contribution >= 4 is 60.8 Å². The van der Waals surface area contributed by atoms with Crippen molar-refractivity contribution in [3.63, 3.8) is 0 Å². The monoisotopic (exact) mass is 740 g/mol. The lowest BCUT2D eigenvalue weighted by molar-refractivity contribution is 0.669. The van der Waals surface area contributed by atoms with Gasteiger partial charge in [0.1, 0.15) is 11.2 Å². The van der Waals surface area contributed by atoms with E-state index in [1.807, 2.05) is 0 Å². The molecule has 3 heteroatoms. The maximum Gasteiger partial charge on any atom is 0.135 e. The zero-order valence-corrected chi connectivity index (χ0v) is 31.6. The van der Waals surface area contributed by atoms with Crippen LogP contribution in [-0.4, -0.2) is 4.57 Å². The molecule has 1 aliphatic carbocycles. The lowest BCUT2D eigenvalue weighted by atomic mass is 9.95. The Kier molecular flexibility index (Phi) is 7.29. The van der Waals surface area contributed by atoms with Crippen LogP contribution >= 0.6 is 0 Å². The molecular formula is C55H36N2O. The fourth-order valence-corrected chi connectivity index (χ4v) is 9.24. The van der Waals surface area contributed by atoms with Crippen LogP contribution in [0.5, 0.6) is 0 Å². The number of para-hydroxylation sites is 4. The van der Waals surface area contributed by atoms with Gasteiger partial charge in [0.25, 0.3) is 0 Å². The Morgan fingerprint density at radius 1 is 0.362 bits per heavy atom. The largest absolute Gasteiger partial charge is 0.456 e. The number of fused-ring (bicyclic) bond motifs is 9. The highest BCUT2D eigenvalue weighted by Crippen LogP contribution is 2.44. The highest BCUT2D eigenvalue weighted by molar-refractivity contribution is 6.11. The summed E-state index contributed by atoms with van der Waals surface area (Å²) in [4.78, 5) is 2.34. The second kappa shape index (κ2) is 13.0. The maximum absolute atomic E-state index is 6.42. The molecule has 9 aromatic carbocycles. The van der Waals surface area contributed by atoms with Crippen LogP contribution in [-0.2, 0) is 6.42 Å². The van der Waals surface area contributed by atoms with Gasteiger partial charge in [0.15, 0.2) is 0 Å². The number of hydrogen-bond acceptors (Lipinski definition) is 2. The van der Waals surface area contributed by atoms with Crippen molar-refractivity contribution in [3.05, 3.63) is 217 Å². The lowest BCUT2D eigenvalue weighted by Gasteiger charge is -2.26. The Morgan fingerprint density at radius 2 is 0.897 bits per heavy atom. The van der Waals surface area contributed by atoms with E-state index in [0.29, 0.717) is 0 Å². The summed E-state index contributed by atoms with van der Waals surface area (Å²) in [7, 11) is 0. The van der Waals surface area contributed by atoms with E-state index < -0.39 is 0 Å². The smallest absolute Gasteiger partial charge is 0.135 e. The molecule has 0 N–H and O–H groups in total. The number of nitrogens with zero attached hydrogens (tertiary/aromatic N) is 2. The van der Waals surface area contributed by atoms with E-state index in [9.17, 15) is 0 Å². The van der Waals surface area contributed by atoms with Crippen LogP contribution < -0.4 is 4.90 Å². The fraction of sp³-hybridized carbons (Fsp3) is 0.0182. The first kappa shape index (κ1) is 32.6. The van der Waals surface area contributed by atoms with Crippen LogP contribution in [0.4, 0.5) is 17.1 Å². The quantitative estimate of drug-likeness (QED) is 0.169. The van der Waals surface area contributed by atoms with Gasteiger partial charge in [0.05, 0.1) is 11.0 Å². The minimum Gasteiger partial charge on any atom is -0.456 e. The third-order valence-corrected chi connectivity index (χ3v) is 12.0. The van der Waals surface area contributed by atoms with E-state index in [0.717, 1.165) is 56.7 Å². The van der Waals surface area contributed by atoms with Crippen molar-refractivity contribution in [1.29, 1.82) is 0 Å². The molecule has 0 fully saturated rings.